The van der Waals surface area contributed by atoms with Crippen molar-refractivity contribution in [1.29, 1.82) is 0 Å². The lowest BCUT2D eigenvalue weighted by atomic mass is 9.96. The van der Waals surface area contributed by atoms with E-state index in [1.165, 1.54) is 0 Å². The summed E-state index contributed by atoms with van der Waals surface area (Å²) in [7, 11) is 0. The normalized spacial score (nSPS) is 20.4. The first kappa shape index (κ1) is 14.8. The molecule has 20 heavy (non-hydrogen) atoms. The van der Waals surface area contributed by atoms with Crippen LogP contribution in [0, 0.1) is 5.92 Å². The van der Waals surface area contributed by atoms with Gasteiger partial charge in [-0.05, 0) is 51.8 Å². The lowest BCUT2D eigenvalue weighted by Gasteiger charge is -2.26. The Morgan fingerprint density at radius 1 is 1.50 bits per heavy atom. The number of hydrogen-bond acceptors (Lipinski definition) is 4. The van der Waals surface area contributed by atoms with Gasteiger partial charge < -0.3 is 15.4 Å². The highest BCUT2D eigenvalue weighted by atomic mass is 16.6. The van der Waals surface area contributed by atoms with E-state index in [0.29, 0.717) is 5.92 Å². The Labute approximate surface area is 120 Å². The van der Waals surface area contributed by atoms with Crippen LogP contribution in [-0.4, -0.2) is 29.8 Å². The van der Waals surface area contributed by atoms with Crippen molar-refractivity contribution < 1.29 is 9.53 Å². The van der Waals surface area contributed by atoms with Crippen molar-refractivity contribution in [2.45, 2.75) is 38.8 Å². The minimum atomic E-state index is -0.493. The van der Waals surface area contributed by atoms with Gasteiger partial charge in [0.2, 0.25) is 0 Å². The fourth-order valence-electron chi connectivity index (χ4n) is 2.39. The summed E-state index contributed by atoms with van der Waals surface area (Å²) < 4.78 is 5.35. The molecule has 1 fully saturated rings. The largest absolute Gasteiger partial charge is 0.444 e. The Morgan fingerprint density at radius 2 is 2.30 bits per heavy atom. The number of pyridine rings is 1. The van der Waals surface area contributed by atoms with Crippen LogP contribution in [0.25, 0.3) is 0 Å². The van der Waals surface area contributed by atoms with E-state index in [2.05, 4.69) is 15.6 Å². The smallest absolute Gasteiger partial charge is 0.408 e. The number of aromatic nitrogens is 1. The van der Waals surface area contributed by atoms with Crippen LogP contribution in [0.3, 0.4) is 0 Å². The van der Waals surface area contributed by atoms with Gasteiger partial charge in [0.1, 0.15) is 5.60 Å². The highest BCUT2D eigenvalue weighted by Gasteiger charge is 2.30. The maximum Gasteiger partial charge on any atom is 0.408 e. The topological polar surface area (TPSA) is 63.2 Å². The Balaban J connectivity index is 2.09. The molecule has 2 rings (SSSR count). The first-order valence-electron chi connectivity index (χ1n) is 7.07. The maximum atomic E-state index is 12.0. The molecule has 1 amide bonds. The second-order valence-electron chi connectivity index (χ2n) is 6.13. The van der Waals surface area contributed by atoms with Crippen molar-refractivity contribution >= 4 is 6.09 Å². The van der Waals surface area contributed by atoms with E-state index in [9.17, 15) is 4.79 Å². The summed E-state index contributed by atoms with van der Waals surface area (Å²) in [4.78, 5) is 16.4. The third-order valence-corrected chi connectivity index (χ3v) is 3.25. The number of nitrogens with one attached hydrogen (secondary N) is 2. The molecule has 1 aromatic rings. The average Bonchev–Trinajstić information content (AvgIpc) is 2.88. The van der Waals surface area contributed by atoms with E-state index in [-0.39, 0.29) is 12.1 Å². The van der Waals surface area contributed by atoms with Gasteiger partial charge in [-0.25, -0.2) is 4.79 Å². The highest BCUT2D eigenvalue weighted by molar-refractivity contribution is 5.68. The summed E-state index contributed by atoms with van der Waals surface area (Å²) in [5.74, 6) is 0.345. The van der Waals surface area contributed by atoms with Gasteiger partial charge in [-0.3, -0.25) is 4.98 Å². The third-order valence-electron chi connectivity index (χ3n) is 3.25. The summed E-state index contributed by atoms with van der Waals surface area (Å²) in [6.07, 6.45) is 2.39. The van der Waals surface area contributed by atoms with Crippen LogP contribution in [0.4, 0.5) is 4.79 Å². The molecule has 2 atom stereocenters. The summed E-state index contributed by atoms with van der Waals surface area (Å²) in [5.41, 5.74) is 0.388. The van der Waals surface area contributed by atoms with Crippen LogP contribution in [0.2, 0.25) is 0 Å². The molecule has 0 aromatic carbocycles. The van der Waals surface area contributed by atoms with Crippen LogP contribution in [0.5, 0.6) is 0 Å². The first-order chi connectivity index (χ1) is 9.46. The van der Waals surface area contributed by atoms with Gasteiger partial charge in [-0.15, -0.1) is 0 Å². The number of amides is 1. The molecule has 2 N–H and O–H groups in total. The lowest BCUT2D eigenvalue weighted by Crippen LogP contribution is -2.38. The zero-order chi connectivity index (χ0) is 14.6. The minimum Gasteiger partial charge on any atom is -0.444 e. The standard InChI is InChI=1S/C15H23N3O2/c1-15(2,3)20-14(19)18-13(11-7-9-16-10-11)12-6-4-5-8-17-12/h4-6,8,11,13,16H,7,9-10H2,1-3H3,(H,18,19)/t11-,13?/m1/s1. The zero-order valence-electron chi connectivity index (χ0n) is 12.3. The molecular weight excluding hydrogens is 254 g/mol. The molecule has 110 valence electrons. The predicted molar refractivity (Wildman–Crippen MR) is 77.3 cm³/mol. The fraction of sp³-hybridized carbons (Fsp3) is 0.600. The van der Waals surface area contributed by atoms with Crippen LogP contribution < -0.4 is 10.6 Å². The van der Waals surface area contributed by atoms with E-state index in [0.717, 1.165) is 25.2 Å². The highest BCUT2D eigenvalue weighted by Crippen LogP contribution is 2.25. The molecule has 1 unspecified atom stereocenters. The Morgan fingerprint density at radius 3 is 2.85 bits per heavy atom. The van der Waals surface area contributed by atoms with E-state index < -0.39 is 5.60 Å². The van der Waals surface area contributed by atoms with Gasteiger partial charge in [0.25, 0.3) is 0 Å². The molecule has 0 radical (unpaired) electrons. The van der Waals surface area contributed by atoms with Gasteiger partial charge in [0, 0.05) is 12.7 Å². The van der Waals surface area contributed by atoms with E-state index in [4.69, 9.17) is 4.74 Å². The molecule has 1 aliphatic rings. The van der Waals surface area contributed by atoms with Crippen LogP contribution in [-0.2, 0) is 4.74 Å². The Kier molecular flexibility index (Phi) is 4.60. The third kappa shape index (κ3) is 4.20. The van der Waals surface area contributed by atoms with Crippen molar-refractivity contribution in [2.75, 3.05) is 13.1 Å². The summed E-state index contributed by atoms with van der Waals surface area (Å²) in [6.45, 7) is 7.44. The number of carbonyl (C=O) groups is 1. The minimum absolute atomic E-state index is 0.110. The van der Waals surface area contributed by atoms with Gasteiger partial charge in [0.15, 0.2) is 0 Å². The number of nitrogens with zero attached hydrogens (tertiary/aromatic N) is 1. The number of carbonyl (C=O) groups excluding carboxylic acids is 1. The van der Waals surface area contributed by atoms with Gasteiger partial charge in [-0.1, -0.05) is 6.07 Å². The molecule has 0 saturated carbocycles. The van der Waals surface area contributed by atoms with Gasteiger partial charge >= 0.3 is 6.09 Å². The molecule has 5 heteroatoms. The first-order valence-corrected chi connectivity index (χ1v) is 7.07. The fourth-order valence-corrected chi connectivity index (χ4v) is 2.39. The van der Waals surface area contributed by atoms with Crippen LogP contribution >= 0.6 is 0 Å². The molecule has 0 aliphatic carbocycles. The predicted octanol–water partition coefficient (Wildman–Crippen LogP) is 2.26. The molecule has 0 spiro atoms. The quantitative estimate of drug-likeness (QED) is 0.889. The van der Waals surface area contributed by atoms with Crippen LogP contribution in [0.1, 0.15) is 38.9 Å². The van der Waals surface area contributed by atoms with Gasteiger partial charge in [0.05, 0.1) is 11.7 Å². The monoisotopic (exact) mass is 277 g/mol. The summed E-state index contributed by atoms with van der Waals surface area (Å²) >= 11 is 0. The molecule has 1 saturated heterocycles. The SMILES string of the molecule is CC(C)(C)OC(=O)NC(c1ccccn1)[C@@H]1CCNC1. The van der Waals surface area contributed by atoms with Crippen molar-refractivity contribution in [3.8, 4) is 0 Å². The number of alkyl carbamates (subject to hydrolysis) is 1. The zero-order valence-corrected chi connectivity index (χ0v) is 12.3. The molecule has 2 heterocycles. The van der Waals surface area contributed by atoms with Crippen molar-refractivity contribution in [2.24, 2.45) is 5.92 Å². The summed E-state index contributed by atoms with van der Waals surface area (Å²) in [6, 6.07) is 5.65. The van der Waals surface area contributed by atoms with Crippen molar-refractivity contribution in [1.82, 2.24) is 15.6 Å². The molecule has 5 nitrogen and oxygen atoms in total. The van der Waals surface area contributed by atoms with Crippen molar-refractivity contribution in [3.63, 3.8) is 0 Å². The van der Waals surface area contributed by atoms with Gasteiger partial charge in [-0.2, -0.15) is 0 Å². The van der Waals surface area contributed by atoms with Crippen LogP contribution in [0.15, 0.2) is 24.4 Å². The van der Waals surface area contributed by atoms with E-state index >= 15 is 0 Å². The number of hydrogen-bond donors (Lipinski definition) is 2. The average molecular weight is 277 g/mol. The second-order valence-corrected chi connectivity index (χ2v) is 6.13. The lowest BCUT2D eigenvalue weighted by molar-refractivity contribution is 0.0486. The molecule has 0 bridgehead atoms. The Hall–Kier alpha value is -1.62. The number of ether oxygens (including phenoxy) is 1. The molecular formula is C15H23N3O2. The van der Waals surface area contributed by atoms with E-state index in [1.807, 2.05) is 39.0 Å². The van der Waals surface area contributed by atoms with E-state index in [1.54, 1.807) is 6.20 Å². The Bertz CT molecular complexity index is 436. The molecule has 1 aliphatic heterocycles. The molecule has 1 aromatic heterocycles. The maximum absolute atomic E-state index is 12.0. The summed E-state index contributed by atoms with van der Waals surface area (Å²) in [5, 5.41) is 6.29. The van der Waals surface area contributed by atoms with Crippen molar-refractivity contribution in [3.05, 3.63) is 30.1 Å². The number of rotatable bonds is 3. The second kappa shape index (κ2) is 6.22.